The molecular formula is C21H30N4O2S. The Morgan fingerprint density at radius 3 is 2.89 bits per heavy atom. The van der Waals surface area contributed by atoms with E-state index in [0.29, 0.717) is 30.9 Å². The molecule has 2 unspecified atom stereocenters. The Morgan fingerprint density at radius 2 is 2.14 bits per heavy atom. The highest BCUT2D eigenvalue weighted by Crippen LogP contribution is 2.39. The number of hydrogen-bond donors (Lipinski definition) is 2. The number of piperidine rings is 1. The van der Waals surface area contributed by atoms with E-state index in [1.54, 1.807) is 11.3 Å². The van der Waals surface area contributed by atoms with Crippen molar-refractivity contribution in [2.45, 2.75) is 64.8 Å². The molecule has 3 rings (SSSR count). The second-order valence-electron chi connectivity index (χ2n) is 8.03. The smallest absolute Gasteiger partial charge is 0.226 e. The maximum absolute atomic E-state index is 12.5. The van der Waals surface area contributed by atoms with E-state index in [4.69, 9.17) is 0 Å². The van der Waals surface area contributed by atoms with Crippen molar-refractivity contribution in [1.82, 2.24) is 10.2 Å². The standard InChI is InChI=1S/C21H30N4O2S/c1-3-19(26)23-15-5-4-9-25(13-15)10-8-20(27)24-21-17(12-22)16-7-6-14(2)11-18(16)28-21/h14-15H,3-11,13H2,1-2H3,(H,23,26)(H,24,27). The molecule has 1 aliphatic heterocycles. The van der Waals surface area contributed by atoms with Crippen molar-refractivity contribution >= 4 is 28.2 Å². The summed E-state index contributed by atoms with van der Waals surface area (Å²) in [5, 5.41) is 16.3. The lowest BCUT2D eigenvalue weighted by Gasteiger charge is -2.32. The summed E-state index contributed by atoms with van der Waals surface area (Å²) in [7, 11) is 0. The summed E-state index contributed by atoms with van der Waals surface area (Å²) in [6, 6.07) is 2.48. The first-order valence-corrected chi connectivity index (χ1v) is 11.2. The second-order valence-corrected chi connectivity index (χ2v) is 9.13. The van der Waals surface area contributed by atoms with Gasteiger partial charge >= 0.3 is 0 Å². The van der Waals surface area contributed by atoms with Crippen LogP contribution in [0.3, 0.4) is 0 Å². The van der Waals surface area contributed by atoms with E-state index >= 15 is 0 Å². The Balaban J connectivity index is 1.52. The minimum atomic E-state index is -0.0390. The van der Waals surface area contributed by atoms with Crippen molar-refractivity contribution in [2.75, 3.05) is 25.0 Å². The molecule has 2 heterocycles. The van der Waals surface area contributed by atoms with Crippen LogP contribution in [0.5, 0.6) is 0 Å². The monoisotopic (exact) mass is 402 g/mol. The third-order valence-electron chi connectivity index (χ3n) is 5.72. The molecule has 0 radical (unpaired) electrons. The average Bonchev–Trinajstić information content (AvgIpc) is 3.02. The van der Waals surface area contributed by atoms with E-state index in [2.05, 4.69) is 28.5 Å². The molecule has 2 amide bonds. The predicted octanol–water partition coefficient (Wildman–Crippen LogP) is 3.06. The Kier molecular flexibility index (Phi) is 7.08. The summed E-state index contributed by atoms with van der Waals surface area (Å²) in [6.07, 6.45) is 5.98. The quantitative estimate of drug-likeness (QED) is 0.766. The van der Waals surface area contributed by atoms with Gasteiger partial charge in [0.05, 0.1) is 5.56 Å². The summed E-state index contributed by atoms with van der Waals surface area (Å²) in [4.78, 5) is 27.6. The van der Waals surface area contributed by atoms with Gasteiger partial charge < -0.3 is 15.5 Å². The lowest BCUT2D eigenvalue weighted by molar-refractivity contribution is -0.122. The van der Waals surface area contributed by atoms with Gasteiger partial charge in [-0.05, 0) is 50.1 Å². The second kappa shape index (κ2) is 9.53. The maximum Gasteiger partial charge on any atom is 0.226 e. The van der Waals surface area contributed by atoms with E-state index < -0.39 is 0 Å². The first-order chi connectivity index (χ1) is 13.5. The number of carbonyl (C=O) groups excluding carboxylic acids is 2. The molecule has 2 atom stereocenters. The van der Waals surface area contributed by atoms with Gasteiger partial charge in [-0.2, -0.15) is 5.26 Å². The number of nitriles is 1. The van der Waals surface area contributed by atoms with Crippen molar-refractivity contribution < 1.29 is 9.59 Å². The number of thiophene rings is 1. The SMILES string of the molecule is CCC(=O)NC1CCCN(CCC(=O)Nc2sc3c(c2C#N)CCC(C)C3)C1. The molecule has 1 aromatic rings. The number of amides is 2. The normalized spacial score (nSPS) is 22.2. The minimum Gasteiger partial charge on any atom is -0.352 e. The molecule has 1 fully saturated rings. The van der Waals surface area contributed by atoms with E-state index in [9.17, 15) is 14.9 Å². The van der Waals surface area contributed by atoms with Gasteiger partial charge in [-0.25, -0.2) is 0 Å². The Hall–Kier alpha value is -1.91. The Morgan fingerprint density at radius 1 is 1.32 bits per heavy atom. The van der Waals surface area contributed by atoms with Gasteiger partial charge in [-0.15, -0.1) is 11.3 Å². The van der Waals surface area contributed by atoms with Crippen LogP contribution < -0.4 is 10.6 Å². The van der Waals surface area contributed by atoms with Crippen molar-refractivity contribution in [3.8, 4) is 6.07 Å². The molecule has 1 aliphatic carbocycles. The maximum atomic E-state index is 12.5. The number of nitrogens with zero attached hydrogens (tertiary/aromatic N) is 2. The van der Waals surface area contributed by atoms with Crippen molar-refractivity contribution in [1.29, 1.82) is 5.26 Å². The van der Waals surface area contributed by atoms with Crippen LogP contribution >= 0.6 is 11.3 Å². The highest BCUT2D eigenvalue weighted by molar-refractivity contribution is 7.16. The topological polar surface area (TPSA) is 85.2 Å². The molecule has 2 aliphatic rings. The third-order valence-corrected chi connectivity index (χ3v) is 6.89. The molecule has 1 aromatic heterocycles. The summed E-state index contributed by atoms with van der Waals surface area (Å²) >= 11 is 1.57. The summed E-state index contributed by atoms with van der Waals surface area (Å²) in [5.41, 5.74) is 1.81. The first kappa shape index (κ1) is 20.8. The van der Waals surface area contributed by atoms with Gasteiger partial charge in [-0.1, -0.05) is 13.8 Å². The third kappa shape index (κ3) is 5.12. The van der Waals surface area contributed by atoms with Crippen molar-refractivity contribution in [3.05, 3.63) is 16.0 Å². The van der Waals surface area contributed by atoms with Crippen LogP contribution in [0.4, 0.5) is 5.00 Å². The number of nitrogens with one attached hydrogen (secondary N) is 2. The van der Waals surface area contributed by atoms with Crippen molar-refractivity contribution in [3.63, 3.8) is 0 Å². The van der Waals surface area contributed by atoms with Gasteiger partial charge in [0.15, 0.2) is 0 Å². The fourth-order valence-electron chi connectivity index (χ4n) is 4.11. The van der Waals surface area contributed by atoms with Crippen LogP contribution in [0.15, 0.2) is 0 Å². The molecule has 0 aromatic carbocycles. The number of fused-ring (bicyclic) bond motifs is 1. The molecule has 7 heteroatoms. The average molecular weight is 403 g/mol. The van der Waals surface area contributed by atoms with Crippen LogP contribution in [0.1, 0.15) is 62.0 Å². The molecule has 28 heavy (non-hydrogen) atoms. The van der Waals surface area contributed by atoms with E-state index in [1.807, 2.05) is 6.92 Å². The van der Waals surface area contributed by atoms with Gasteiger partial charge in [0.25, 0.3) is 0 Å². The van der Waals surface area contributed by atoms with E-state index in [-0.39, 0.29) is 17.9 Å². The highest BCUT2D eigenvalue weighted by atomic mass is 32.1. The minimum absolute atomic E-state index is 0.0390. The van der Waals surface area contributed by atoms with Crippen molar-refractivity contribution in [2.24, 2.45) is 5.92 Å². The summed E-state index contributed by atoms with van der Waals surface area (Å²) in [6.45, 7) is 6.53. The molecular weight excluding hydrogens is 372 g/mol. The fraction of sp³-hybridized carbons (Fsp3) is 0.667. The number of rotatable bonds is 6. The lowest BCUT2D eigenvalue weighted by Crippen LogP contribution is -2.48. The number of hydrogen-bond acceptors (Lipinski definition) is 5. The lowest BCUT2D eigenvalue weighted by atomic mass is 9.89. The molecule has 1 saturated heterocycles. The number of anilines is 1. The Bertz CT molecular complexity index is 767. The number of carbonyl (C=O) groups is 2. The zero-order chi connectivity index (χ0) is 20.1. The van der Waals surface area contributed by atoms with E-state index in [0.717, 1.165) is 55.8 Å². The van der Waals surface area contributed by atoms with Gasteiger partial charge in [0.1, 0.15) is 11.1 Å². The van der Waals surface area contributed by atoms with Gasteiger partial charge in [0.2, 0.25) is 11.8 Å². The molecule has 6 nitrogen and oxygen atoms in total. The summed E-state index contributed by atoms with van der Waals surface area (Å²) < 4.78 is 0. The van der Waals surface area contributed by atoms with Crippen LogP contribution in [-0.4, -0.2) is 42.4 Å². The zero-order valence-corrected chi connectivity index (χ0v) is 17.7. The fourth-order valence-corrected chi connectivity index (χ4v) is 5.49. The van der Waals surface area contributed by atoms with Crippen LogP contribution in [-0.2, 0) is 22.4 Å². The van der Waals surface area contributed by atoms with Gasteiger partial charge in [-0.3, -0.25) is 9.59 Å². The zero-order valence-electron chi connectivity index (χ0n) is 16.8. The van der Waals surface area contributed by atoms with Crippen LogP contribution in [0.25, 0.3) is 0 Å². The molecule has 152 valence electrons. The molecule has 0 bridgehead atoms. The van der Waals surface area contributed by atoms with E-state index in [1.165, 1.54) is 4.88 Å². The Labute approximate surface area is 171 Å². The number of likely N-dealkylation sites (tertiary alicyclic amines) is 1. The highest BCUT2D eigenvalue weighted by Gasteiger charge is 2.25. The predicted molar refractivity (Wildman–Crippen MR) is 111 cm³/mol. The molecule has 0 saturated carbocycles. The summed E-state index contributed by atoms with van der Waals surface area (Å²) in [5.74, 6) is 0.689. The van der Waals surface area contributed by atoms with Crippen LogP contribution in [0, 0.1) is 17.2 Å². The van der Waals surface area contributed by atoms with Gasteiger partial charge in [0, 0.05) is 36.9 Å². The largest absolute Gasteiger partial charge is 0.352 e. The molecule has 2 N–H and O–H groups in total. The first-order valence-electron chi connectivity index (χ1n) is 10.4. The van der Waals surface area contributed by atoms with Crippen LogP contribution in [0.2, 0.25) is 0 Å². The molecule has 0 spiro atoms.